The second kappa shape index (κ2) is 11.8. The maximum absolute atomic E-state index is 13.3. The zero-order valence-electron chi connectivity index (χ0n) is 16.8. The van der Waals surface area contributed by atoms with Crippen molar-refractivity contribution >= 4 is 11.9 Å². The van der Waals surface area contributed by atoms with Crippen LogP contribution >= 0.6 is 0 Å². The van der Waals surface area contributed by atoms with Crippen molar-refractivity contribution in [3.8, 4) is 11.9 Å². The van der Waals surface area contributed by atoms with Crippen molar-refractivity contribution in [3.63, 3.8) is 0 Å². The Morgan fingerprint density at radius 2 is 2.17 bits per heavy atom. The van der Waals surface area contributed by atoms with Gasteiger partial charge in [-0.05, 0) is 38.8 Å². The van der Waals surface area contributed by atoms with Gasteiger partial charge in [-0.2, -0.15) is 5.26 Å². The quantitative estimate of drug-likeness (QED) is 0.120. The number of carbonyl (C=O) groups excluding carboxylic acids is 1. The van der Waals surface area contributed by atoms with Crippen LogP contribution in [0.5, 0.6) is 5.75 Å². The van der Waals surface area contributed by atoms with Crippen LogP contribution in [0.4, 0.5) is 4.39 Å². The maximum atomic E-state index is 13.3. The monoisotopic (exact) mass is 409 g/mol. The highest BCUT2D eigenvalue weighted by Crippen LogP contribution is 2.14. The Balaban J connectivity index is 2.68. The highest BCUT2D eigenvalue weighted by Gasteiger charge is 2.31. The van der Waals surface area contributed by atoms with Gasteiger partial charge in [-0.15, -0.1) is 0 Å². The molecule has 1 aromatic rings. The smallest absolute Gasteiger partial charge is 0.251 e. The van der Waals surface area contributed by atoms with Gasteiger partial charge in [0.1, 0.15) is 29.9 Å². The Morgan fingerprint density at radius 3 is 2.79 bits per heavy atom. The van der Waals surface area contributed by atoms with Crippen LogP contribution < -0.4 is 20.7 Å². The Morgan fingerprint density at radius 1 is 1.45 bits per heavy atom. The van der Waals surface area contributed by atoms with Crippen molar-refractivity contribution in [2.75, 3.05) is 20.3 Å². The van der Waals surface area contributed by atoms with E-state index in [0.29, 0.717) is 19.4 Å². The van der Waals surface area contributed by atoms with Crippen molar-refractivity contribution in [1.29, 1.82) is 10.7 Å². The van der Waals surface area contributed by atoms with Crippen molar-refractivity contribution in [3.05, 3.63) is 30.1 Å². The molecule has 0 spiro atoms. The van der Waals surface area contributed by atoms with E-state index in [0.717, 1.165) is 0 Å². The third-order valence-corrected chi connectivity index (χ3v) is 4.23. The summed E-state index contributed by atoms with van der Waals surface area (Å²) in [5, 5.41) is 34.0. The molecule has 0 radical (unpaired) electrons. The fourth-order valence-electron chi connectivity index (χ4n) is 2.29. The van der Waals surface area contributed by atoms with E-state index in [4.69, 9.17) is 20.1 Å². The number of halogens is 1. The van der Waals surface area contributed by atoms with Crippen LogP contribution in [0.25, 0.3) is 0 Å². The summed E-state index contributed by atoms with van der Waals surface area (Å²) in [4.78, 5) is 12.4. The molecule has 160 valence electrons. The Bertz CT molecular complexity index is 723. The summed E-state index contributed by atoms with van der Waals surface area (Å²) in [6.45, 7) is 3.41. The van der Waals surface area contributed by atoms with Crippen LogP contribution in [0.15, 0.2) is 24.3 Å². The fraction of sp³-hybridized carbons (Fsp3) is 0.526. The molecule has 0 aliphatic rings. The summed E-state index contributed by atoms with van der Waals surface area (Å²) in [5.41, 5.74) is -1.08. The third kappa shape index (κ3) is 8.76. The van der Waals surface area contributed by atoms with Crippen LogP contribution in [-0.2, 0) is 9.53 Å². The zero-order chi connectivity index (χ0) is 21.9. The summed E-state index contributed by atoms with van der Waals surface area (Å²) >= 11 is 0. The summed E-state index contributed by atoms with van der Waals surface area (Å²) in [6.07, 6.45) is 1.42. The lowest BCUT2D eigenvalue weighted by atomic mass is 10.0. The van der Waals surface area contributed by atoms with Gasteiger partial charge in [-0.3, -0.25) is 15.5 Å². The van der Waals surface area contributed by atoms with Crippen LogP contribution in [0.3, 0.4) is 0 Å². The molecule has 10 heteroatoms. The van der Waals surface area contributed by atoms with E-state index < -0.39 is 29.5 Å². The van der Waals surface area contributed by atoms with Gasteiger partial charge < -0.3 is 25.2 Å². The number of rotatable bonds is 11. The molecular formula is C19H28FN5O4. The number of hydrogen-bond acceptors (Lipinski definition) is 6. The predicted octanol–water partition coefficient (Wildman–Crippen LogP) is 0.850. The standard InChI is InChI=1S/C19H28FN5O4/c1-19(2,28-3)17(27)25-15(8-5-9-23-18(22)24-12-21)16(26)11-29-14-7-4-6-13(20)10-14/h4,6-7,10,15-16,26H,5,8-9,11H2,1-3H3,(H,25,27)(H3,22,23,24)/t15-,16?/m0/s1. The van der Waals surface area contributed by atoms with E-state index in [-0.39, 0.29) is 18.3 Å². The molecule has 5 N–H and O–H groups in total. The second-order valence-electron chi connectivity index (χ2n) is 6.81. The fourth-order valence-corrected chi connectivity index (χ4v) is 2.29. The molecule has 0 aliphatic heterocycles. The Kier molecular flexibility index (Phi) is 9.85. The van der Waals surface area contributed by atoms with E-state index >= 15 is 0 Å². The average molecular weight is 409 g/mol. The molecule has 29 heavy (non-hydrogen) atoms. The van der Waals surface area contributed by atoms with Gasteiger partial charge in [0.2, 0.25) is 5.96 Å². The number of nitriles is 1. The number of guanidine groups is 1. The van der Waals surface area contributed by atoms with Crippen LogP contribution in [0.2, 0.25) is 0 Å². The van der Waals surface area contributed by atoms with Crippen molar-refractivity contribution in [2.24, 2.45) is 0 Å². The lowest BCUT2D eigenvalue weighted by Crippen LogP contribution is -2.53. The highest BCUT2D eigenvalue weighted by molar-refractivity contribution is 5.84. The first-order chi connectivity index (χ1) is 13.7. The Labute approximate surface area is 169 Å². The van der Waals surface area contributed by atoms with Crippen LogP contribution in [-0.4, -0.2) is 55.0 Å². The van der Waals surface area contributed by atoms with Crippen LogP contribution in [0, 0.1) is 22.7 Å². The molecule has 1 aromatic carbocycles. The molecule has 0 saturated carbocycles. The minimum absolute atomic E-state index is 0.136. The van der Waals surface area contributed by atoms with E-state index in [1.165, 1.54) is 25.3 Å². The van der Waals surface area contributed by atoms with Crippen LogP contribution in [0.1, 0.15) is 26.7 Å². The third-order valence-electron chi connectivity index (χ3n) is 4.23. The Hall–Kier alpha value is -2.90. The molecule has 0 saturated heterocycles. The number of nitrogens with one attached hydrogen (secondary N) is 4. The lowest BCUT2D eigenvalue weighted by molar-refractivity contribution is -0.141. The lowest BCUT2D eigenvalue weighted by Gasteiger charge is -2.29. The molecule has 2 atom stereocenters. The normalized spacial score (nSPS) is 13.0. The first kappa shape index (κ1) is 24.1. The number of methoxy groups -OCH3 is 1. The summed E-state index contributed by atoms with van der Waals surface area (Å²) < 4.78 is 23.8. The summed E-state index contributed by atoms with van der Waals surface area (Å²) in [7, 11) is 1.41. The minimum atomic E-state index is -1.08. The molecule has 0 aromatic heterocycles. The first-order valence-electron chi connectivity index (χ1n) is 9.09. The number of nitrogens with zero attached hydrogens (tertiary/aromatic N) is 1. The van der Waals surface area contributed by atoms with Gasteiger partial charge in [0, 0.05) is 19.7 Å². The largest absolute Gasteiger partial charge is 0.491 e. The summed E-state index contributed by atoms with van der Waals surface area (Å²) in [6, 6.07) is 4.88. The number of carbonyl (C=O) groups is 1. The highest BCUT2D eigenvalue weighted by atomic mass is 19.1. The SMILES string of the molecule is COC(C)(C)C(=O)N[C@@H](CCCNC(=N)NC#N)C(O)COc1cccc(F)c1. The van der Waals surface area contributed by atoms with Gasteiger partial charge in [0.05, 0.1) is 6.04 Å². The van der Waals surface area contributed by atoms with Gasteiger partial charge in [-0.1, -0.05) is 6.07 Å². The molecule has 0 aliphatic carbocycles. The van der Waals surface area contributed by atoms with Gasteiger partial charge in [-0.25, -0.2) is 4.39 Å². The number of ether oxygens (including phenoxy) is 2. The topological polar surface area (TPSA) is 139 Å². The molecular weight excluding hydrogens is 381 g/mol. The number of aliphatic hydroxyl groups excluding tert-OH is 1. The minimum Gasteiger partial charge on any atom is -0.491 e. The maximum Gasteiger partial charge on any atom is 0.251 e. The number of benzene rings is 1. The molecule has 0 fully saturated rings. The van der Waals surface area contributed by atoms with Crippen molar-refractivity contribution in [1.82, 2.24) is 16.0 Å². The molecule has 9 nitrogen and oxygen atoms in total. The van der Waals surface area contributed by atoms with E-state index in [9.17, 15) is 14.3 Å². The van der Waals surface area contributed by atoms with E-state index in [2.05, 4.69) is 16.0 Å². The molecule has 1 amide bonds. The van der Waals surface area contributed by atoms with Gasteiger partial charge in [0.15, 0.2) is 6.19 Å². The van der Waals surface area contributed by atoms with Gasteiger partial charge >= 0.3 is 0 Å². The van der Waals surface area contributed by atoms with Gasteiger partial charge in [0.25, 0.3) is 5.91 Å². The van der Waals surface area contributed by atoms with E-state index in [1.54, 1.807) is 26.1 Å². The first-order valence-corrected chi connectivity index (χ1v) is 9.09. The molecule has 0 bridgehead atoms. The van der Waals surface area contributed by atoms with E-state index in [1.807, 2.05) is 0 Å². The van der Waals surface area contributed by atoms with Crippen molar-refractivity contribution in [2.45, 2.75) is 44.4 Å². The predicted molar refractivity (Wildman–Crippen MR) is 105 cm³/mol. The number of amides is 1. The number of aliphatic hydroxyl groups is 1. The second-order valence-corrected chi connectivity index (χ2v) is 6.81. The molecule has 0 heterocycles. The molecule has 1 rings (SSSR count). The number of hydrogen-bond donors (Lipinski definition) is 5. The zero-order valence-corrected chi connectivity index (χ0v) is 16.8. The summed E-state index contributed by atoms with van der Waals surface area (Å²) in [5.74, 6) is -0.725. The average Bonchev–Trinajstić information content (AvgIpc) is 2.68. The molecule has 1 unspecified atom stereocenters. The van der Waals surface area contributed by atoms with Crippen molar-refractivity contribution < 1.29 is 23.8 Å².